The van der Waals surface area contributed by atoms with Crippen molar-refractivity contribution in [3.05, 3.63) is 45.0 Å². The smallest absolute Gasteiger partial charge is 0.269 e. The topological polar surface area (TPSA) is 64.1 Å². The molecule has 1 aromatic carbocycles. The molecular weight excluding hydrogens is 385 g/mol. The van der Waals surface area contributed by atoms with Crippen molar-refractivity contribution in [3.8, 4) is 17.0 Å². The first-order valence-corrected chi connectivity index (χ1v) is 10.3. The summed E-state index contributed by atoms with van der Waals surface area (Å²) in [5.74, 6) is -0.481. The Morgan fingerprint density at radius 3 is 2.85 bits per heavy atom. The van der Waals surface area contributed by atoms with Gasteiger partial charge < -0.3 is 4.74 Å². The molecule has 0 atom stereocenters. The molecule has 2 heterocycles. The Balaban J connectivity index is 1.73. The van der Waals surface area contributed by atoms with Gasteiger partial charge in [-0.25, -0.2) is 14.4 Å². The largest absolute Gasteiger partial charge is 0.494 e. The number of carbonyl (C=O) groups is 1. The van der Waals surface area contributed by atoms with E-state index in [2.05, 4.69) is 22.2 Å². The number of nitrogens with zero attached hydrogens (tertiary/aromatic N) is 2. The molecular formula is C19H20FN3O2S2. The molecule has 0 radical (unpaired) electrons. The third kappa shape index (κ3) is 4.51. The van der Waals surface area contributed by atoms with E-state index in [1.807, 2.05) is 6.92 Å². The zero-order valence-electron chi connectivity index (χ0n) is 15.3. The maximum absolute atomic E-state index is 13.9. The van der Waals surface area contributed by atoms with E-state index in [9.17, 15) is 9.18 Å². The standard InChI is InChI=1S/C19H20FN3O2S2/c1-4-5-6-16-21-11(2)17(27-16)18(24)23-19-22-14(10-26-19)12-7-8-15(25-3)13(20)9-12/h7-10H,4-6H2,1-3H3,(H,22,23,24). The summed E-state index contributed by atoms with van der Waals surface area (Å²) in [6.07, 6.45) is 3.04. The highest BCUT2D eigenvalue weighted by Gasteiger charge is 2.17. The van der Waals surface area contributed by atoms with Gasteiger partial charge in [-0.05, 0) is 38.0 Å². The second-order valence-corrected chi connectivity index (χ2v) is 7.91. The van der Waals surface area contributed by atoms with Gasteiger partial charge in [0, 0.05) is 10.9 Å². The van der Waals surface area contributed by atoms with Crippen LogP contribution in [-0.4, -0.2) is 23.0 Å². The average molecular weight is 406 g/mol. The zero-order valence-corrected chi connectivity index (χ0v) is 17.0. The van der Waals surface area contributed by atoms with Gasteiger partial charge in [-0.3, -0.25) is 10.1 Å². The molecule has 8 heteroatoms. The van der Waals surface area contributed by atoms with Gasteiger partial charge in [-0.15, -0.1) is 22.7 Å². The van der Waals surface area contributed by atoms with Crippen molar-refractivity contribution in [3.63, 3.8) is 0 Å². The van der Waals surface area contributed by atoms with Crippen molar-refractivity contribution in [2.24, 2.45) is 0 Å². The van der Waals surface area contributed by atoms with Crippen LogP contribution in [0.5, 0.6) is 5.75 Å². The third-order valence-electron chi connectivity index (χ3n) is 3.96. The van der Waals surface area contributed by atoms with E-state index < -0.39 is 5.82 Å². The summed E-state index contributed by atoms with van der Waals surface area (Å²) in [4.78, 5) is 22.0. The van der Waals surface area contributed by atoms with Gasteiger partial charge in [0.15, 0.2) is 16.7 Å². The van der Waals surface area contributed by atoms with E-state index in [0.717, 1.165) is 30.0 Å². The van der Waals surface area contributed by atoms with Crippen LogP contribution in [0.4, 0.5) is 9.52 Å². The number of unbranched alkanes of at least 4 members (excludes halogenated alkanes) is 1. The minimum absolute atomic E-state index is 0.182. The average Bonchev–Trinajstić information content (AvgIpc) is 3.26. The zero-order chi connectivity index (χ0) is 19.4. The molecule has 2 aromatic heterocycles. The first kappa shape index (κ1) is 19.4. The summed E-state index contributed by atoms with van der Waals surface area (Å²) in [5, 5.41) is 6.04. The molecule has 0 aliphatic carbocycles. The summed E-state index contributed by atoms with van der Waals surface area (Å²) < 4.78 is 18.8. The molecule has 27 heavy (non-hydrogen) atoms. The Morgan fingerprint density at radius 2 is 2.15 bits per heavy atom. The number of ether oxygens (including phenoxy) is 1. The predicted molar refractivity (Wildman–Crippen MR) is 107 cm³/mol. The Kier molecular flexibility index (Phi) is 6.18. The summed E-state index contributed by atoms with van der Waals surface area (Å²) >= 11 is 2.72. The second kappa shape index (κ2) is 8.58. The highest BCUT2D eigenvalue weighted by atomic mass is 32.1. The fourth-order valence-electron chi connectivity index (χ4n) is 2.54. The van der Waals surface area contributed by atoms with Crippen LogP contribution in [0.3, 0.4) is 0 Å². The first-order chi connectivity index (χ1) is 13.0. The predicted octanol–water partition coefficient (Wildman–Crippen LogP) is 5.32. The van der Waals surface area contributed by atoms with Crippen LogP contribution in [0, 0.1) is 12.7 Å². The van der Waals surface area contributed by atoms with Gasteiger partial charge >= 0.3 is 0 Å². The lowest BCUT2D eigenvalue weighted by molar-refractivity contribution is 0.103. The van der Waals surface area contributed by atoms with E-state index in [-0.39, 0.29) is 11.7 Å². The number of halogens is 1. The Labute approximate surface area is 165 Å². The fourth-order valence-corrected chi connectivity index (χ4v) is 4.26. The molecule has 1 N–H and O–H groups in total. The molecule has 0 saturated carbocycles. The normalized spacial score (nSPS) is 10.8. The highest BCUT2D eigenvalue weighted by Crippen LogP contribution is 2.29. The first-order valence-electron chi connectivity index (χ1n) is 8.59. The van der Waals surface area contributed by atoms with Gasteiger partial charge in [-0.1, -0.05) is 13.3 Å². The number of amides is 1. The van der Waals surface area contributed by atoms with E-state index in [0.29, 0.717) is 21.3 Å². The van der Waals surface area contributed by atoms with Crippen molar-refractivity contribution >= 4 is 33.7 Å². The van der Waals surface area contributed by atoms with Crippen molar-refractivity contribution in [2.75, 3.05) is 12.4 Å². The van der Waals surface area contributed by atoms with Crippen LogP contribution in [0.15, 0.2) is 23.6 Å². The number of aryl methyl sites for hydroxylation is 2. The molecule has 0 aliphatic heterocycles. The van der Waals surface area contributed by atoms with Crippen LogP contribution in [-0.2, 0) is 6.42 Å². The molecule has 0 fully saturated rings. The number of hydrogen-bond acceptors (Lipinski definition) is 6. The van der Waals surface area contributed by atoms with Crippen molar-refractivity contribution < 1.29 is 13.9 Å². The van der Waals surface area contributed by atoms with Crippen LogP contribution >= 0.6 is 22.7 Å². The van der Waals surface area contributed by atoms with E-state index in [1.165, 1.54) is 35.8 Å². The summed E-state index contributed by atoms with van der Waals surface area (Å²) in [5.41, 5.74) is 1.96. The number of thiazole rings is 2. The quantitative estimate of drug-likeness (QED) is 0.578. The second-order valence-electron chi connectivity index (χ2n) is 5.97. The molecule has 5 nitrogen and oxygen atoms in total. The molecule has 0 saturated heterocycles. The Bertz CT molecular complexity index is 952. The maximum atomic E-state index is 13.9. The molecule has 3 rings (SSSR count). The van der Waals surface area contributed by atoms with Crippen molar-refractivity contribution in [1.82, 2.24) is 9.97 Å². The molecule has 142 valence electrons. The molecule has 0 aliphatic rings. The lowest BCUT2D eigenvalue weighted by Gasteiger charge is -2.03. The number of benzene rings is 1. The van der Waals surface area contributed by atoms with Gasteiger partial charge in [0.05, 0.1) is 23.5 Å². The van der Waals surface area contributed by atoms with Crippen LogP contribution in [0.1, 0.15) is 40.1 Å². The summed E-state index contributed by atoms with van der Waals surface area (Å²) in [7, 11) is 1.42. The molecule has 0 bridgehead atoms. The van der Waals surface area contributed by atoms with Crippen molar-refractivity contribution in [1.29, 1.82) is 0 Å². The van der Waals surface area contributed by atoms with E-state index >= 15 is 0 Å². The van der Waals surface area contributed by atoms with Gasteiger partial charge in [0.1, 0.15) is 4.88 Å². The van der Waals surface area contributed by atoms with Crippen LogP contribution in [0.25, 0.3) is 11.3 Å². The van der Waals surface area contributed by atoms with Gasteiger partial charge in [-0.2, -0.15) is 0 Å². The SMILES string of the molecule is CCCCc1nc(C)c(C(=O)Nc2nc(-c3ccc(OC)c(F)c3)cs2)s1. The number of anilines is 1. The third-order valence-corrected chi connectivity index (χ3v) is 5.94. The van der Waals surface area contributed by atoms with E-state index in [4.69, 9.17) is 4.74 Å². The van der Waals surface area contributed by atoms with Crippen LogP contribution in [0.2, 0.25) is 0 Å². The number of aromatic nitrogens is 2. The number of hydrogen-bond donors (Lipinski definition) is 1. The summed E-state index contributed by atoms with van der Waals surface area (Å²) in [6, 6.07) is 4.66. The number of nitrogens with one attached hydrogen (secondary N) is 1. The Hall–Kier alpha value is -2.32. The minimum atomic E-state index is -0.450. The van der Waals surface area contributed by atoms with Crippen LogP contribution < -0.4 is 10.1 Å². The molecule has 1 amide bonds. The highest BCUT2D eigenvalue weighted by molar-refractivity contribution is 7.15. The summed E-state index contributed by atoms with van der Waals surface area (Å²) in [6.45, 7) is 3.97. The van der Waals surface area contributed by atoms with Gasteiger partial charge in [0.2, 0.25) is 0 Å². The molecule has 3 aromatic rings. The Morgan fingerprint density at radius 1 is 1.33 bits per heavy atom. The van der Waals surface area contributed by atoms with Gasteiger partial charge in [0.25, 0.3) is 5.91 Å². The fraction of sp³-hybridized carbons (Fsp3) is 0.316. The number of rotatable bonds is 7. The number of methoxy groups -OCH3 is 1. The lowest BCUT2D eigenvalue weighted by Crippen LogP contribution is -2.11. The lowest BCUT2D eigenvalue weighted by atomic mass is 10.1. The molecule has 0 spiro atoms. The number of carbonyl (C=O) groups excluding carboxylic acids is 1. The maximum Gasteiger partial charge on any atom is 0.269 e. The van der Waals surface area contributed by atoms with Crippen molar-refractivity contribution in [2.45, 2.75) is 33.1 Å². The minimum Gasteiger partial charge on any atom is -0.494 e. The molecule has 0 unspecified atom stereocenters. The monoisotopic (exact) mass is 405 g/mol. The van der Waals surface area contributed by atoms with E-state index in [1.54, 1.807) is 17.5 Å².